The van der Waals surface area contributed by atoms with Crippen molar-refractivity contribution in [3.63, 3.8) is 0 Å². The van der Waals surface area contributed by atoms with Gasteiger partial charge in [-0.15, -0.1) is 10.2 Å². The summed E-state index contributed by atoms with van der Waals surface area (Å²) in [6.07, 6.45) is 0.799. The van der Waals surface area contributed by atoms with E-state index in [-0.39, 0.29) is 18.5 Å². The minimum atomic E-state index is -0.160. The Bertz CT molecular complexity index is 891. The minimum Gasteiger partial charge on any atom is -0.348 e. The molecule has 6 nitrogen and oxygen atoms in total. The Morgan fingerprint density at radius 1 is 1.23 bits per heavy atom. The topological polar surface area (TPSA) is 72.7 Å². The average Bonchev–Trinajstić information content (AvgIpc) is 3.09. The second-order valence-corrected chi connectivity index (χ2v) is 6.53. The number of nitrogens with zero attached hydrogens (tertiary/aromatic N) is 4. The predicted octanol–water partition coefficient (Wildman–Crippen LogP) is 3.57. The zero-order chi connectivity index (χ0) is 18.5. The highest BCUT2D eigenvalue weighted by Gasteiger charge is 2.15. The van der Waals surface area contributed by atoms with Crippen LogP contribution in [0, 0.1) is 6.92 Å². The molecule has 3 aromatic rings. The maximum Gasteiger partial charge on any atom is 0.244 e. The number of aromatic nitrogens is 4. The number of hydrogen-bond acceptors (Lipinski definition) is 4. The smallest absolute Gasteiger partial charge is 0.244 e. The van der Waals surface area contributed by atoms with Crippen molar-refractivity contribution in [2.75, 3.05) is 0 Å². The van der Waals surface area contributed by atoms with Gasteiger partial charge in [-0.3, -0.25) is 4.79 Å². The van der Waals surface area contributed by atoms with Crippen LogP contribution in [-0.4, -0.2) is 26.1 Å². The molecule has 1 atom stereocenters. The number of aryl methyl sites for hydroxylation is 1. The second-order valence-electron chi connectivity index (χ2n) is 6.09. The van der Waals surface area contributed by atoms with E-state index >= 15 is 0 Å². The van der Waals surface area contributed by atoms with Crippen molar-refractivity contribution in [1.29, 1.82) is 0 Å². The lowest BCUT2D eigenvalue weighted by atomic mass is 10.0. The number of amides is 1. The molecule has 0 spiro atoms. The Morgan fingerprint density at radius 3 is 2.69 bits per heavy atom. The highest BCUT2D eigenvalue weighted by Crippen LogP contribution is 2.19. The number of hydrogen-bond donors (Lipinski definition) is 1. The molecular weight excluding hydrogens is 350 g/mol. The summed E-state index contributed by atoms with van der Waals surface area (Å²) < 4.78 is 0. The van der Waals surface area contributed by atoms with E-state index < -0.39 is 0 Å². The maximum atomic E-state index is 12.4. The van der Waals surface area contributed by atoms with Crippen molar-refractivity contribution in [2.24, 2.45) is 0 Å². The Kier molecular flexibility index (Phi) is 5.63. The van der Waals surface area contributed by atoms with E-state index in [2.05, 4.69) is 20.7 Å². The van der Waals surface area contributed by atoms with Crippen LogP contribution in [0.2, 0.25) is 5.02 Å². The first-order chi connectivity index (χ1) is 12.5. The van der Waals surface area contributed by atoms with Crippen LogP contribution in [0.25, 0.3) is 11.4 Å². The van der Waals surface area contributed by atoms with Gasteiger partial charge >= 0.3 is 0 Å². The monoisotopic (exact) mass is 369 g/mol. The van der Waals surface area contributed by atoms with Gasteiger partial charge in [0.1, 0.15) is 6.54 Å². The van der Waals surface area contributed by atoms with Crippen LogP contribution in [0.3, 0.4) is 0 Å². The number of benzene rings is 2. The average molecular weight is 370 g/mol. The van der Waals surface area contributed by atoms with E-state index in [1.165, 1.54) is 10.4 Å². The summed E-state index contributed by atoms with van der Waals surface area (Å²) in [5.41, 5.74) is 3.03. The maximum absolute atomic E-state index is 12.4. The molecule has 0 aliphatic rings. The Labute approximate surface area is 157 Å². The fraction of sp³-hybridized carbons (Fsp3) is 0.263. The quantitative estimate of drug-likeness (QED) is 0.720. The summed E-state index contributed by atoms with van der Waals surface area (Å²) in [4.78, 5) is 13.6. The van der Waals surface area contributed by atoms with Crippen LogP contribution in [0.1, 0.15) is 30.5 Å². The van der Waals surface area contributed by atoms with E-state index in [0.29, 0.717) is 10.8 Å². The van der Waals surface area contributed by atoms with Gasteiger partial charge in [-0.05, 0) is 36.3 Å². The highest BCUT2D eigenvalue weighted by molar-refractivity contribution is 6.30. The SMILES string of the molecule is CC[C@@H](NC(=O)Cn1nnc(-c2cccc(Cl)c2)n1)c1ccc(C)cc1. The van der Waals surface area contributed by atoms with Crippen molar-refractivity contribution in [2.45, 2.75) is 32.9 Å². The van der Waals surface area contributed by atoms with Crippen LogP contribution < -0.4 is 5.32 Å². The number of carbonyl (C=O) groups is 1. The lowest BCUT2D eigenvalue weighted by Crippen LogP contribution is -2.32. The fourth-order valence-electron chi connectivity index (χ4n) is 2.64. The summed E-state index contributed by atoms with van der Waals surface area (Å²) in [6, 6.07) is 15.3. The molecule has 26 heavy (non-hydrogen) atoms. The van der Waals surface area contributed by atoms with Crippen LogP contribution in [0.15, 0.2) is 48.5 Å². The zero-order valence-corrected chi connectivity index (χ0v) is 15.4. The van der Waals surface area contributed by atoms with Gasteiger partial charge in [0.25, 0.3) is 0 Å². The molecular formula is C19H20ClN5O. The molecule has 1 amide bonds. The number of rotatable bonds is 6. The molecule has 2 aromatic carbocycles. The van der Waals surface area contributed by atoms with Crippen molar-refractivity contribution >= 4 is 17.5 Å². The molecule has 1 heterocycles. The lowest BCUT2D eigenvalue weighted by Gasteiger charge is -2.17. The number of halogens is 1. The molecule has 1 N–H and O–H groups in total. The first-order valence-electron chi connectivity index (χ1n) is 8.45. The molecule has 134 valence electrons. The zero-order valence-electron chi connectivity index (χ0n) is 14.7. The molecule has 0 aliphatic heterocycles. The number of tetrazole rings is 1. The van der Waals surface area contributed by atoms with Crippen LogP contribution in [-0.2, 0) is 11.3 Å². The minimum absolute atomic E-state index is 0.00985. The van der Waals surface area contributed by atoms with Gasteiger partial charge in [-0.1, -0.05) is 60.5 Å². The fourth-order valence-corrected chi connectivity index (χ4v) is 2.83. The van der Waals surface area contributed by atoms with Crippen molar-refractivity contribution in [3.8, 4) is 11.4 Å². The summed E-state index contributed by atoms with van der Waals surface area (Å²) in [5.74, 6) is 0.276. The third kappa shape index (κ3) is 4.46. The lowest BCUT2D eigenvalue weighted by molar-refractivity contribution is -0.122. The summed E-state index contributed by atoms with van der Waals surface area (Å²) in [7, 11) is 0. The van der Waals surface area contributed by atoms with Crippen LogP contribution in [0.4, 0.5) is 0 Å². The predicted molar refractivity (Wildman–Crippen MR) is 101 cm³/mol. The van der Waals surface area contributed by atoms with Gasteiger partial charge in [0.05, 0.1) is 6.04 Å². The van der Waals surface area contributed by atoms with E-state index in [1.54, 1.807) is 12.1 Å². The number of nitrogens with one attached hydrogen (secondary N) is 1. The van der Waals surface area contributed by atoms with Crippen LogP contribution in [0.5, 0.6) is 0 Å². The van der Waals surface area contributed by atoms with Gasteiger partial charge in [0, 0.05) is 10.6 Å². The van der Waals surface area contributed by atoms with E-state index in [1.807, 2.05) is 50.2 Å². The number of carbonyl (C=O) groups excluding carboxylic acids is 1. The summed E-state index contributed by atoms with van der Waals surface area (Å²) in [5, 5.41) is 15.8. The molecule has 0 saturated heterocycles. The normalized spacial score (nSPS) is 12.0. The summed E-state index contributed by atoms with van der Waals surface area (Å²) >= 11 is 5.98. The standard InChI is InChI=1S/C19H20ClN5O/c1-3-17(14-9-7-13(2)8-10-14)21-18(26)12-25-23-19(22-24-25)15-5-4-6-16(20)11-15/h4-11,17H,3,12H2,1-2H3,(H,21,26)/t17-/m1/s1. The molecule has 1 aromatic heterocycles. The van der Waals surface area contributed by atoms with Gasteiger partial charge in [0.15, 0.2) is 0 Å². The van der Waals surface area contributed by atoms with Gasteiger partial charge in [0.2, 0.25) is 11.7 Å². The first-order valence-corrected chi connectivity index (χ1v) is 8.82. The van der Waals surface area contributed by atoms with Crippen molar-refractivity contribution in [1.82, 2.24) is 25.5 Å². The Hall–Kier alpha value is -2.73. The van der Waals surface area contributed by atoms with Crippen molar-refractivity contribution in [3.05, 3.63) is 64.7 Å². The third-order valence-corrected chi connectivity index (χ3v) is 4.28. The highest BCUT2D eigenvalue weighted by atomic mass is 35.5. The Balaban J connectivity index is 1.65. The molecule has 7 heteroatoms. The van der Waals surface area contributed by atoms with Crippen molar-refractivity contribution < 1.29 is 4.79 Å². The molecule has 0 saturated carbocycles. The van der Waals surface area contributed by atoms with E-state index in [9.17, 15) is 4.79 Å². The molecule has 0 unspecified atom stereocenters. The molecule has 0 bridgehead atoms. The Morgan fingerprint density at radius 2 is 2.00 bits per heavy atom. The molecule has 0 radical (unpaired) electrons. The largest absolute Gasteiger partial charge is 0.348 e. The first kappa shape index (κ1) is 18.1. The summed E-state index contributed by atoms with van der Waals surface area (Å²) in [6.45, 7) is 4.09. The third-order valence-electron chi connectivity index (χ3n) is 4.04. The van der Waals surface area contributed by atoms with E-state index in [0.717, 1.165) is 17.5 Å². The van der Waals surface area contributed by atoms with E-state index in [4.69, 9.17) is 11.6 Å². The molecule has 0 aliphatic carbocycles. The van der Waals surface area contributed by atoms with Gasteiger partial charge in [-0.2, -0.15) is 4.80 Å². The second kappa shape index (κ2) is 8.10. The molecule has 0 fully saturated rings. The van der Waals surface area contributed by atoms with Gasteiger partial charge in [-0.25, -0.2) is 0 Å². The van der Waals surface area contributed by atoms with Gasteiger partial charge < -0.3 is 5.32 Å². The molecule has 3 rings (SSSR count). The van der Waals surface area contributed by atoms with Crippen LogP contribution >= 0.6 is 11.6 Å².